The normalized spacial score (nSPS) is 14.1. The summed E-state index contributed by atoms with van der Waals surface area (Å²) in [5, 5.41) is 2.96. The molecule has 0 atom stereocenters. The Balaban J connectivity index is 1.73. The minimum atomic E-state index is -4.61. The van der Waals surface area contributed by atoms with Gasteiger partial charge in [0.15, 0.2) is 0 Å². The Morgan fingerprint density at radius 2 is 1.58 bits per heavy atom. The first-order chi connectivity index (χ1) is 15.8. The molecule has 1 heterocycles. The summed E-state index contributed by atoms with van der Waals surface area (Å²) in [7, 11) is 1.52. The number of nitrogens with one attached hydrogen (secondary N) is 1. The van der Waals surface area contributed by atoms with Crippen molar-refractivity contribution in [3.63, 3.8) is 0 Å². The van der Waals surface area contributed by atoms with E-state index in [1.807, 2.05) is 6.07 Å². The van der Waals surface area contributed by atoms with Gasteiger partial charge in [0.05, 0.1) is 18.4 Å². The molecule has 3 aromatic rings. The van der Waals surface area contributed by atoms with Gasteiger partial charge in [-0.2, -0.15) is 13.2 Å². The second kappa shape index (κ2) is 9.03. The predicted molar refractivity (Wildman–Crippen MR) is 120 cm³/mol. The number of halogens is 3. The Morgan fingerprint density at radius 3 is 2.21 bits per heavy atom. The van der Waals surface area contributed by atoms with Crippen LogP contribution in [0.25, 0.3) is 0 Å². The Hall–Kier alpha value is -3.72. The fraction of sp³-hybridized carbons (Fsp3) is 0.0833. The second-order valence-electron chi connectivity index (χ2n) is 6.97. The van der Waals surface area contributed by atoms with Crippen molar-refractivity contribution in [3.8, 4) is 5.75 Å². The SMILES string of the molecule is COc1ccc(NC2=C(Sc3ccccc3)C(=O)N(c3cccc(C(F)(F)F)c3)C2=O)cc1. The Morgan fingerprint density at radius 1 is 0.879 bits per heavy atom. The lowest BCUT2D eigenvalue weighted by molar-refractivity contribution is -0.137. The van der Waals surface area contributed by atoms with E-state index in [0.29, 0.717) is 16.3 Å². The van der Waals surface area contributed by atoms with E-state index in [0.717, 1.165) is 34.9 Å². The molecule has 3 aromatic carbocycles. The molecule has 4 rings (SSSR count). The van der Waals surface area contributed by atoms with Crippen LogP contribution in [0, 0.1) is 0 Å². The highest BCUT2D eigenvalue weighted by atomic mass is 32.2. The van der Waals surface area contributed by atoms with Crippen LogP contribution in [0.5, 0.6) is 5.75 Å². The van der Waals surface area contributed by atoms with Gasteiger partial charge in [-0.3, -0.25) is 9.59 Å². The van der Waals surface area contributed by atoms with E-state index >= 15 is 0 Å². The van der Waals surface area contributed by atoms with E-state index in [1.165, 1.54) is 13.2 Å². The molecule has 0 saturated heterocycles. The molecule has 0 saturated carbocycles. The zero-order valence-electron chi connectivity index (χ0n) is 17.2. The van der Waals surface area contributed by atoms with Crippen LogP contribution in [0.2, 0.25) is 0 Å². The summed E-state index contributed by atoms with van der Waals surface area (Å²) >= 11 is 1.06. The van der Waals surface area contributed by atoms with Gasteiger partial charge in [-0.15, -0.1) is 0 Å². The lowest BCUT2D eigenvalue weighted by atomic mass is 10.2. The first-order valence-corrected chi connectivity index (χ1v) is 10.5. The number of thioether (sulfide) groups is 1. The average molecular weight is 470 g/mol. The van der Waals surface area contributed by atoms with Gasteiger partial charge >= 0.3 is 6.18 Å². The number of carbonyl (C=O) groups is 2. The summed E-state index contributed by atoms with van der Waals surface area (Å²) in [5.41, 5.74) is -0.604. The number of hydrogen-bond acceptors (Lipinski definition) is 5. The van der Waals surface area contributed by atoms with Crippen LogP contribution < -0.4 is 15.0 Å². The third-order valence-electron chi connectivity index (χ3n) is 4.80. The number of anilines is 2. The minimum Gasteiger partial charge on any atom is -0.497 e. The standard InChI is InChI=1S/C24H17F3N2O3S/c1-32-18-12-10-16(11-13-18)28-20-21(33-19-8-3-2-4-9-19)23(31)29(22(20)30)17-7-5-6-15(14-17)24(25,26)27/h2-14,28H,1H3. The van der Waals surface area contributed by atoms with Gasteiger partial charge in [-0.1, -0.05) is 36.0 Å². The molecule has 0 bridgehead atoms. The van der Waals surface area contributed by atoms with Gasteiger partial charge in [0, 0.05) is 10.6 Å². The molecule has 0 spiro atoms. The van der Waals surface area contributed by atoms with Crippen molar-refractivity contribution in [1.29, 1.82) is 0 Å². The van der Waals surface area contributed by atoms with Crippen LogP contribution in [0.15, 0.2) is 94.4 Å². The van der Waals surface area contributed by atoms with Crippen LogP contribution in [0.3, 0.4) is 0 Å². The molecule has 5 nitrogen and oxygen atoms in total. The fourth-order valence-electron chi connectivity index (χ4n) is 3.20. The predicted octanol–water partition coefficient (Wildman–Crippen LogP) is 5.70. The highest BCUT2D eigenvalue weighted by Crippen LogP contribution is 2.39. The lowest BCUT2D eigenvalue weighted by Crippen LogP contribution is -2.32. The Bertz CT molecular complexity index is 1230. The Labute approximate surface area is 191 Å². The summed E-state index contributed by atoms with van der Waals surface area (Å²) in [4.78, 5) is 28.1. The van der Waals surface area contributed by atoms with E-state index in [1.54, 1.807) is 48.5 Å². The van der Waals surface area contributed by atoms with Crippen molar-refractivity contribution in [2.24, 2.45) is 0 Å². The number of nitrogens with zero attached hydrogens (tertiary/aromatic N) is 1. The molecule has 1 aliphatic rings. The molecule has 0 fully saturated rings. The highest BCUT2D eigenvalue weighted by molar-refractivity contribution is 8.04. The number of carbonyl (C=O) groups excluding carboxylic acids is 2. The maximum absolute atomic E-state index is 13.3. The van der Waals surface area contributed by atoms with Crippen LogP contribution in [-0.2, 0) is 15.8 Å². The third kappa shape index (κ3) is 4.73. The van der Waals surface area contributed by atoms with Crippen molar-refractivity contribution >= 4 is 35.0 Å². The van der Waals surface area contributed by atoms with Gasteiger partial charge in [0.2, 0.25) is 0 Å². The molecule has 33 heavy (non-hydrogen) atoms. The third-order valence-corrected chi connectivity index (χ3v) is 5.89. The molecule has 0 aliphatic carbocycles. The first kappa shape index (κ1) is 22.5. The minimum absolute atomic E-state index is 0.0172. The van der Waals surface area contributed by atoms with Crippen LogP contribution >= 0.6 is 11.8 Å². The number of hydrogen-bond donors (Lipinski definition) is 1. The van der Waals surface area contributed by atoms with Crippen LogP contribution in [-0.4, -0.2) is 18.9 Å². The maximum atomic E-state index is 13.3. The van der Waals surface area contributed by atoms with Crippen molar-refractivity contribution in [1.82, 2.24) is 0 Å². The molecule has 0 aromatic heterocycles. The Kier molecular flexibility index (Phi) is 6.15. The zero-order chi connectivity index (χ0) is 23.6. The monoisotopic (exact) mass is 470 g/mol. The number of ether oxygens (including phenoxy) is 1. The maximum Gasteiger partial charge on any atom is 0.416 e. The van der Waals surface area contributed by atoms with Crippen molar-refractivity contribution in [2.75, 3.05) is 17.3 Å². The number of amides is 2. The summed E-state index contributed by atoms with van der Waals surface area (Å²) in [6.45, 7) is 0. The molecular formula is C24H17F3N2O3S. The molecule has 168 valence electrons. The van der Waals surface area contributed by atoms with Gasteiger partial charge in [-0.05, 0) is 54.6 Å². The molecule has 9 heteroatoms. The van der Waals surface area contributed by atoms with Crippen LogP contribution in [0.4, 0.5) is 24.5 Å². The quantitative estimate of drug-likeness (QED) is 0.468. The van der Waals surface area contributed by atoms with Crippen LogP contribution in [0.1, 0.15) is 5.56 Å². The number of imide groups is 1. The van der Waals surface area contributed by atoms with E-state index in [4.69, 9.17) is 4.74 Å². The van der Waals surface area contributed by atoms with Gasteiger partial charge in [0.1, 0.15) is 16.4 Å². The van der Waals surface area contributed by atoms with Gasteiger partial charge < -0.3 is 10.1 Å². The van der Waals surface area contributed by atoms with E-state index < -0.39 is 23.6 Å². The molecular weight excluding hydrogens is 453 g/mol. The average Bonchev–Trinajstić information content (AvgIpc) is 3.03. The van der Waals surface area contributed by atoms with Crippen molar-refractivity contribution in [2.45, 2.75) is 11.1 Å². The number of methoxy groups -OCH3 is 1. The number of benzene rings is 3. The second-order valence-corrected chi connectivity index (χ2v) is 8.05. The zero-order valence-corrected chi connectivity index (χ0v) is 18.0. The topological polar surface area (TPSA) is 58.6 Å². The molecule has 2 amide bonds. The number of rotatable bonds is 6. The smallest absolute Gasteiger partial charge is 0.416 e. The first-order valence-electron chi connectivity index (χ1n) is 9.72. The largest absolute Gasteiger partial charge is 0.497 e. The molecule has 0 unspecified atom stereocenters. The van der Waals surface area contributed by atoms with Crippen molar-refractivity contribution < 1.29 is 27.5 Å². The van der Waals surface area contributed by atoms with Crippen molar-refractivity contribution in [3.05, 3.63) is 95.0 Å². The summed E-state index contributed by atoms with van der Waals surface area (Å²) in [5.74, 6) is -0.842. The lowest BCUT2D eigenvalue weighted by Gasteiger charge is -2.17. The fourth-order valence-corrected chi connectivity index (χ4v) is 4.14. The summed E-state index contributed by atoms with van der Waals surface area (Å²) < 4.78 is 44.8. The van der Waals surface area contributed by atoms with Gasteiger partial charge in [-0.25, -0.2) is 4.90 Å². The highest BCUT2D eigenvalue weighted by Gasteiger charge is 2.41. The molecule has 1 N–H and O–H groups in total. The van der Waals surface area contributed by atoms with E-state index in [-0.39, 0.29) is 16.3 Å². The summed E-state index contributed by atoms with van der Waals surface area (Å²) in [6.07, 6.45) is -4.61. The molecule has 0 radical (unpaired) electrons. The van der Waals surface area contributed by atoms with Gasteiger partial charge in [0.25, 0.3) is 11.8 Å². The molecule has 1 aliphatic heterocycles. The summed E-state index contributed by atoms with van der Waals surface area (Å²) in [6, 6.07) is 19.8. The van der Waals surface area contributed by atoms with E-state index in [9.17, 15) is 22.8 Å². The number of alkyl halides is 3. The van der Waals surface area contributed by atoms with E-state index in [2.05, 4.69) is 5.32 Å².